The number of hydrogen-bond acceptors (Lipinski definition) is 3. The molecular weight excluding hydrogens is 196 g/mol. The normalized spacial score (nSPS) is 12.0. The molecule has 0 aliphatic heterocycles. The van der Waals surface area contributed by atoms with E-state index in [4.69, 9.17) is 13.3 Å². The van der Waals surface area contributed by atoms with Gasteiger partial charge >= 0.3 is 8.80 Å². The van der Waals surface area contributed by atoms with E-state index in [9.17, 15) is 0 Å². The average Bonchev–Trinajstić information content (AvgIpc) is 2.19. The van der Waals surface area contributed by atoms with Crippen LogP contribution < -0.4 is 0 Å². The largest absolute Gasteiger partial charge is 0.497 e. The number of unbranched alkanes of at least 4 members (excludes halogenated alkanes) is 2. The second-order valence-corrected chi connectivity index (χ2v) is 6.18. The minimum atomic E-state index is -2.30. The van der Waals surface area contributed by atoms with E-state index in [-0.39, 0.29) is 0 Å². The first-order valence-electron chi connectivity index (χ1n) is 5.51. The minimum absolute atomic E-state index is 0.749. The van der Waals surface area contributed by atoms with Gasteiger partial charge in [-0.25, -0.2) is 0 Å². The lowest BCUT2D eigenvalue weighted by atomic mass is 10.4. The smallest absolute Gasteiger partial charge is 0.377 e. The van der Waals surface area contributed by atoms with E-state index < -0.39 is 8.80 Å². The summed E-state index contributed by atoms with van der Waals surface area (Å²) in [5.74, 6) is 0. The Morgan fingerprint density at radius 3 is 1.64 bits per heavy atom. The summed E-state index contributed by atoms with van der Waals surface area (Å²) in [6.45, 7) is 7.75. The van der Waals surface area contributed by atoms with E-state index in [2.05, 4.69) is 13.8 Å². The lowest BCUT2D eigenvalue weighted by Crippen LogP contribution is -2.42. The minimum Gasteiger partial charge on any atom is -0.377 e. The van der Waals surface area contributed by atoms with Crippen LogP contribution >= 0.6 is 0 Å². The molecule has 0 aliphatic rings. The maximum atomic E-state index is 5.66. The van der Waals surface area contributed by atoms with E-state index in [1.807, 2.05) is 6.55 Å². The third-order valence-electron chi connectivity index (χ3n) is 2.10. The summed E-state index contributed by atoms with van der Waals surface area (Å²) in [5.41, 5.74) is 0. The van der Waals surface area contributed by atoms with Crippen molar-refractivity contribution < 1.29 is 13.3 Å². The van der Waals surface area contributed by atoms with Crippen LogP contribution in [0.3, 0.4) is 0 Å². The number of rotatable bonds is 9. The maximum Gasteiger partial charge on any atom is 0.497 e. The van der Waals surface area contributed by atoms with E-state index in [1.165, 1.54) is 0 Å². The van der Waals surface area contributed by atoms with Crippen LogP contribution in [0.4, 0.5) is 0 Å². The van der Waals surface area contributed by atoms with Crippen molar-refractivity contribution in [2.24, 2.45) is 0 Å². The fraction of sp³-hybridized carbons (Fsp3) is 1.00. The fourth-order valence-electron chi connectivity index (χ4n) is 0.963. The first-order valence-corrected chi connectivity index (χ1v) is 7.74. The van der Waals surface area contributed by atoms with Gasteiger partial charge in [0.15, 0.2) is 0 Å². The molecule has 0 unspecified atom stereocenters. The Labute approximate surface area is 89.1 Å². The average molecular weight is 220 g/mol. The quantitative estimate of drug-likeness (QED) is 0.442. The van der Waals surface area contributed by atoms with Crippen molar-refractivity contribution in [3.8, 4) is 0 Å². The van der Waals surface area contributed by atoms with Crippen molar-refractivity contribution in [3.05, 3.63) is 0 Å². The molecule has 0 saturated heterocycles. The Morgan fingerprint density at radius 1 is 0.929 bits per heavy atom. The highest BCUT2D eigenvalue weighted by Gasteiger charge is 2.32. The fourth-order valence-corrected chi connectivity index (χ4v) is 2.31. The van der Waals surface area contributed by atoms with Crippen LogP contribution in [0.1, 0.15) is 39.5 Å². The second kappa shape index (κ2) is 8.41. The van der Waals surface area contributed by atoms with Crippen molar-refractivity contribution in [3.63, 3.8) is 0 Å². The Bertz CT molecular complexity index is 121. The molecule has 4 heteroatoms. The Hall–Kier alpha value is 0.0969. The van der Waals surface area contributed by atoms with Crippen LogP contribution in [-0.4, -0.2) is 29.1 Å². The molecule has 0 amide bonds. The SMILES string of the molecule is CCCCO[Si](C)(OC)OCCCC. The van der Waals surface area contributed by atoms with Crippen molar-refractivity contribution in [2.45, 2.75) is 46.1 Å². The van der Waals surface area contributed by atoms with E-state index in [0.717, 1.165) is 38.9 Å². The maximum absolute atomic E-state index is 5.66. The third kappa shape index (κ3) is 6.54. The molecular formula is C10H24O3Si. The molecule has 0 N–H and O–H groups in total. The van der Waals surface area contributed by atoms with Gasteiger partial charge in [-0.05, 0) is 12.8 Å². The first kappa shape index (κ1) is 14.1. The highest BCUT2D eigenvalue weighted by Crippen LogP contribution is 2.09. The summed E-state index contributed by atoms with van der Waals surface area (Å²) in [7, 11) is -0.627. The Balaban J connectivity index is 3.67. The van der Waals surface area contributed by atoms with E-state index >= 15 is 0 Å². The lowest BCUT2D eigenvalue weighted by molar-refractivity contribution is 0.0819. The molecule has 0 bridgehead atoms. The van der Waals surface area contributed by atoms with Gasteiger partial charge in [-0.1, -0.05) is 26.7 Å². The predicted molar refractivity (Wildman–Crippen MR) is 60.3 cm³/mol. The van der Waals surface area contributed by atoms with Gasteiger partial charge in [0.05, 0.1) is 0 Å². The van der Waals surface area contributed by atoms with Crippen LogP contribution in [0, 0.1) is 0 Å². The molecule has 0 aliphatic carbocycles. The van der Waals surface area contributed by atoms with Crippen LogP contribution in [0.25, 0.3) is 0 Å². The molecule has 0 rings (SSSR count). The molecule has 0 atom stereocenters. The monoisotopic (exact) mass is 220 g/mol. The van der Waals surface area contributed by atoms with Gasteiger partial charge in [0.2, 0.25) is 0 Å². The molecule has 0 saturated carbocycles. The Morgan fingerprint density at radius 2 is 1.36 bits per heavy atom. The zero-order valence-corrected chi connectivity index (χ0v) is 11.0. The van der Waals surface area contributed by atoms with Crippen LogP contribution in [0.5, 0.6) is 0 Å². The molecule has 0 aromatic rings. The Kier molecular flexibility index (Phi) is 8.47. The molecule has 86 valence electrons. The predicted octanol–water partition coefficient (Wildman–Crippen LogP) is 2.83. The number of hydrogen-bond donors (Lipinski definition) is 0. The van der Waals surface area contributed by atoms with Gasteiger partial charge in [-0.2, -0.15) is 0 Å². The van der Waals surface area contributed by atoms with Crippen LogP contribution in [0.2, 0.25) is 6.55 Å². The molecule has 0 spiro atoms. The summed E-state index contributed by atoms with van der Waals surface area (Å²) >= 11 is 0. The van der Waals surface area contributed by atoms with Crippen molar-refractivity contribution in [2.75, 3.05) is 20.3 Å². The molecule has 0 heterocycles. The molecule has 14 heavy (non-hydrogen) atoms. The van der Waals surface area contributed by atoms with Gasteiger partial charge in [-0.15, -0.1) is 0 Å². The van der Waals surface area contributed by atoms with Crippen molar-refractivity contribution in [1.29, 1.82) is 0 Å². The zero-order valence-electron chi connectivity index (χ0n) is 9.97. The van der Waals surface area contributed by atoms with Crippen LogP contribution in [0.15, 0.2) is 0 Å². The molecule has 0 aromatic heterocycles. The topological polar surface area (TPSA) is 27.7 Å². The zero-order chi connectivity index (χ0) is 10.9. The van der Waals surface area contributed by atoms with Gasteiger partial charge in [0, 0.05) is 26.9 Å². The molecule has 0 fully saturated rings. The van der Waals surface area contributed by atoms with Gasteiger partial charge in [0.1, 0.15) is 0 Å². The highest BCUT2D eigenvalue weighted by molar-refractivity contribution is 6.59. The standard InChI is InChI=1S/C10H24O3Si/c1-5-7-9-12-14(4,11-3)13-10-8-6-2/h5-10H2,1-4H3. The third-order valence-corrected chi connectivity index (χ3v) is 4.29. The second-order valence-electron chi connectivity index (χ2n) is 3.47. The van der Waals surface area contributed by atoms with Crippen LogP contribution in [-0.2, 0) is 13.3 Å². The molecule has 3 nitrogen and oxygen atoms in total. The summed E-state index contributed by atoms with van der Waals surface area (Å²) in [6.07, 6.45) is 4.43. The highest BCUT2D eigenvalue weighted by atomic mass is 28.4. The van der Waals surface area contributed by atoms with E-state index in [1.54, 1.807) is 7.11 Å². The first-order chi connectivity index (χ1) is 6.68. The summed E-state index contributed by atoms with van der Waals surface area (Å²) in [5, 5.41) is 0. The van der Waals surface area contributed by atoms with Crippen molar-refractivity contribution >= 4 is 8.80 Å². The van der Waals surface area contributed by atoms with Gasteiger partial charge in [-0.3, -0.25) is 0 Å². The van der Waals surface area contributed by atoms with Gasteiger partial charge < -0.3 is 13.3 Å². The van der Waals surface area contributed by atoms with Gasteiger partial charge in [0.25, 0.3) is 0 Å². The van der Waals surface area contributed by atoms with Crippen molar-refractivity contribution in [1.82, 2.24) is 0 Å². The molecule has 0 radical (unpaired) electrons. The van der Waals surface area contributed by atoms with E-state index in [0.29, 0.717) is 0 Å². The summed E-state index contributed by atoms with van der Waals surface area (Å²) in [6, 6.07) is 0. The summed E-state index contributed by atoms with van der Waals surface area (Å²) < 4.78 is 16.6. The summed E-state index contributed by atoms with van der Waals surface area (Å²) in [4.78, 5) is 0. The lowest BCUT2D eigenvalue weighted by Gasteiger charge is -2.24. The molecule has 0 aromatic carbocycles.